The summed E-state index contributed by atoms with van der Waals surface area (Å²) in [6.45, 7) is 8.16. The molecular weight excluding hydrogens is 408 g/mol. The van der Waals surface area contributed by atoms with Gasteiger partial charge in [-0.05, 0) is 44.4 Å². The Morgan fingerprint density at radius 1 is 1.13 bits per heavy atom. The number of hydrogen-bond donors (Lipinski definition) is 1. The molecule has 7 heteroatoms. The second-order valence-corrected chi connectivity index (χ2v) is 8.52. The molecule has 2 heterocycles. The molecule has 0 bridgehead atoms. The molecule has 0 saturated carbocycles. The molecule has 1 aromatic heterocycles. The molecule has 0 saturated heterocycles. The Balaban J connectivity index is 1.70. The Labute approximate surface area is 186 Å². The van der Waals surface area contributed by atoms with E-state index < -0.39 is 6.04 Å². The number of anilines is 1. The van der Waals surface area contributed by atoms with Crippen molar-refractivity contribution in [3.05, 3.63) is 82.1 Å². The molecule has 0 aliphatic carbocycles. The van der Waals surface area contributed by atoms with Gasteiger partial charge in [-0.3, -0.25) is 0 Å². The summed E-state index contributed by atoms with van der Waals surface area (Å²) in [5.41, 5.74) is 5.92. The number of ether oxygens (including phenoxy) is 1. The summed E-state index contributed by atoms with van der Waals surface area (Å²) in [6.07, 6.45) is 0. The van der Waals surface area contributed by atoms with E-state index >= 15 is 0 Å². The molecule has 2 aromatic carbocycles. The van der Waals surface area contributed by atoms with Crippen LogP contribution in [-0.2, 0) is 15.3 Å². The Bertz CT molecular complexity index is 1130. The zero-order chi connectivity index (χ0) is 22.0. The molecule has 0 spiro atoms. The zero-order valence-corrected chi connectivity index (χ0v) is 19.0. The van der Waals surface area contributed by atoms with Gasteiger partial charge in [-0.15, -0.1) is 5.10 Å². The average molecular weight is 435 g/mol. The van der Waals surface area contributed by atoms with Crippen LogP contribution in [0.2, 0.25) is 0 Å². The van der Waals surface area contributed by atoms with Crippen LogP contribution >= 0.6 is 11.8 Å². The van der Waals surface area contributed by atoms with Crippen molar-refractivity contribution in [1.82, 2.24) is 14.8 Å². The van der Waals surface area contributed by atoms with Crippen LogP contribution < -0.4 is 5.32 Å². The smallest absolute Gasteiger partial charge is 0.338 e. The standard InChI is InChI=1S/C24H26N4O2S/c1-5-30-22(29)20-17(4)25-23-26-24(31-14-19-9-7-6-8-16(19)3)27-28(23)21(20)18-12-10-15(2)11-13-18/h6-13,21H,5,14H2,1-4H3,(H,25,26,27)/t21-/m0/s1. The molecule has 1 aliphatic rings. The lowest BCUT2D eigenvalue weighted by Crippen LogP contribution is -2.29. The fourth-order valence-electron chi connectivity index (χ4n) is 3.64. The third kappa shape index (κ3) is 4.37. The minimum absolute atomic E-state index is 0.317. The van der Waals surface area contributed by atoms with E-state index in [9.17, 15) is 4.79 Å². The molecule has 31 heavy (non-hydrogen) atoms. The SMILES string of the molecule is CCOC(=O)C1=C(C)Nc2nc(SCc3ccccc3C)nn2[C@H]1c1ccc(C)cc1. The minimum atomic E-state index is -0.392. The summed E-state index contributed by atoms with van der Waals surface area (Å²) < 4.78 is 7.16. The normalized spacial score (nSPS) is 15.4. The quantitative estimate of drug-likeness (QED) is 0.433. The molecule has 4 rings (SSSR count). The van der Waals surface area contributed by atoms with Crippen molar-refractivity contribution < 1.29 is 9.53 Å². The first-order valence-corrected chi connectivity index (χ1v) is 11.3. The minimum Gasteiger partial charge on any atom is -0.463 e. The third-order valence-electron chi connectivity index (χ3n) is 5.34. The highest BCUT2D eigenvalue weighted by Gasteiger charge is 2.35. The van der Waals surface area contributed by atoms with Crippen LogP contribution in [0.15, 0.2) is 65.0 Å². The number of fused-ring (bicyclic) bond motifs is 1. The summed E-state index contributed by atoms with van der Waals surface area (Å²) >= 11 is 1.58. The number of aryl methyl sites for hydroxylation is 2. The van der Waals surface area contributed by atoms with Crippen LogP contribution in [0.3, 0.4) is 0 Å². The number of allylic oxidation sites excluding steroid dienone is 1. The van der Waals surface area contributed by atoms with Crippen LogP contribution in [-0.4, -0.2) is 27.3 Å². The Kier molecular flexibility index (Phi) is 6.13. The number of carbonyl (C=O) groups is 1. The van der Waals surface area contributed by atoms with E-state index in [1.807, 2.05) is 57.2 Å². The molecule has 1 aliphatic heterocycles. The van der Waals surface area contributed by atoms with Crippen LogP contribution in [0.25, 0.3) is 0 Å². The van der Waals surface area contributed by atoms with E-state index in [-0.39, 0.29) is 5.97 Å². The molecule has 1 atom stereocenters. The number of aromatic nitrogens is 3. The van der Waals surface area contributed by atoms with Gasteiger partial charge in [0.2, 0.25) is 11.1 Å². The summed E-state index contributed by atoms with van der Waals surface area (Å²) in [6, 6.07) is 16.1. The predicted octanol–water partition coefficient (Wildman–Crippen LogP) is 5.04. The second-order valence-electron chi connectivity index (χ2n) is 7.58. The summed E-state index contributed by atoms with van der Waals surface area (Å²) in [5.74, 6) is 1.07. The number of rotatable bonds is 6. The Morgan fingerprint density at radius 2 is 1.87 bits per heavy atom. The molecule has 0 unspecified atom stereocenters. The van der Waals surface area contributed by atoms with Crippen molar-refractivity contribution in [1.29, 1.82) is 0 Å². The molecule has 3 aromatic rings. The van der Waals surface area contributed by atoms with Crippen LogP contribution in [0, 0.1) is 13.8 Å². The van der Waals surface area contributed by atoms with E-state index in [0.717, 1.165) is 22.6 Å². The Morgan fingerprint density at radius 3 is 2.58 bits per heavy atom. The third-order valence-corrected chi connectivity index (χ3v) is 6.23. The molecule has 0 amide bonds. The highest BCUT2D eigenvalue weighted by atomic mass is 32.2. The van der Waals surface area contributed by atoms with Gasteiger partial charge in [-0.25, -0.2) is 9.48 Å². The fraction of sp³-hybridized carbons (Fsp3) is 0.292. The lowest BCUT2D eigenvalue weighted by Gasteiger charge is -2.28. The lowest BCUT2D eigenvalue weighted by molar-refractivity contribution is -0.139. The van der Waals surface area contributed by atoms with Crippen molar-refractivity contribution in [3.63, 3.8) is 0 Å². The van der Waals surface area contributed by atoms with Gasteiger partial charge in [0.15, 0.2) is 0 Å². The maximum Gasteiger partial charge on any atom is 0.338 e. The van der Waals surface area contributed by atoms with E-state index in [1.54, 1.807) is 16.4 Å². The van der Waals surface area contributed by atoms with E-state index in [1.165, 1.54) is 11.1 Å². The van der Waals surface area contributed by atoms with Crippen molar-refractivity contribution in [2.24, 2.45) is 0 Å². The molecular formula is C24H26N4O2S. The maximum absolute atomic E-state index is 12.8. The van der Waals surface area contributed by atoms with Crippen molar-refractivity contribution in [2.45, 2.75) is 44.6 Å². The number of thioether (sulfide) groups is 1. The first-order chi connectivity index (χ1) is 15.0. The summed E-state index contributed by atoms with van der Waals surface area (Å²) in [4.78, 5) is 17.5. The van der Waals surface area contributed by atoms with Gasteiger partial charge in [0.25, 0.3) is 0 Å². The number of esters is 1. The average Bonchev–Trinajstić information content (AvgIpc) is 3.15. The first kappa shape index (κ1) is 21.2. The topological polar surface area (TPSA) is 69.0 Å². The van der Waals surface area contributed by atoms with Crippen LogP contribution in [0.5, 0.6) is 0 Å². The highest BCUT2D eigenvalue weighted by molar-refractivity contribution is 7.98. The highest BCUT2D eigenvalue weighted by Crippen LogP contribution is 2.37. The van der Waals surface area contributed by atoms with E-state index in [4.69, 9.17) is 14.8 Å². The number of nitrogens with zero attached hydrogens (tertiary/aromatic N) is 3. The molecule has 1 N–H and O–H groups in total. The monoisotopic (exact) mass is 434 g/mol. The molecule has 0 fully saturated rings. The Hall–Kier alpha value is -3.06. The van der Waals surface area contributed by atoms with Crippen molar-refractivity contribution in [3.8, 4) is 0 Å². The van der Waals surface area contributed by atoms with Gasteiger partial charge in [-0.2, -0.15) is 4.98 Å². The van der Waals surface area contributed by atoms with Gasteiger partial charge in [0.1, 0.15) is 6.04 Å². The number of carbonyl (C=O) groups excluding carboxylic acids is 1. The number of nitrogens with one attached hydrogen (secondary N) is 1. The summed E-state index contributed by atoms with van der Waals surface area (Å²) in [7, 11) is 0. The summed E-state index contributed by atoms with van der Waals surface area (Å²) in [5, 5.41) is 8.68. The van der Waals surface area contributed by atoms with E-state index in [2.05, 4.69) is 24.4 Å². The van der Waals surface area contributed by atoms with Gasteiger partial charge < -0.3 is 10.1 Å². The van der Waals surface area contributed by atoms with Gasteiger partial charge in [-0.1, -0.05) is 65.9 Å². The van der Waals surface area contributed by atoms with Crippen LogP contribution in [0.4, 0.5) is 5.95 Å². The molecule has 0 radical (unpaired) electrons. The first-order valence-electron chi connectivity index (χ1n) is 10.3. The second kappa shape index (κ2) is 8.98. The van der Waals surface area contributed by atoms with Crippen molar-refractivity contribution >= 4 is 23.7 Å². The van der Waals surface area contributed by atoms with E-state index in [0.29, 0.717) is 23.3 Å². The van der Waals surface area contributed by atoms with Crippen LogP contribution in [0.1, 0.15) is 42.1 Å². The zero-order valence-electron chi connectivity index (χ0n) is 18.2. The number of benzene rings is 2. The van der Waals surface area contributed by atoms with Crippen molar-refractivity contribution in [2.75, 3.05) is 11.9 Å². The number of hydrogen-bond acceptors (Lipinski definition) is 6. The van der Waals surface area contributed by atoms with Gasteiger partial charge >= 0.3 is 5.97 Å². The van der Waals surface area contributed by atoms with Gasteiger partial charge in [0, 0.05) is 11.4 Å². The maximum atomic E-state index is 12.8. The molecule has 160 valence electrons. The lowest BCUT2D eigenvalue weighted by atomic mass is 9.95. The largest absolute Gasteiger partial charge is 0.463 e. The van der Waals surface area contributed by atoms with Gasteiger partial charge in [0.05, 0.1) is 12.2 Å². The molecule has 6 nitrogen and oxygen atoms in total. The predicted molar refractivity (Wildman–Crippen MR) is 123 cm³/mol. The fourth-order valence-corrected chi connectivity index (χ4v) is 4.54.